The minimum absolute atomic E-state index is 0.267. The lowest BCUT2D eigenvalue weighted by Gasteiger charge is -2.15. The van der Waals surface area contributed by atoms with Gasteiger partial charge < -0.3 is 5.73 Å². The van der Waals surface area contributed by atoms with Crippen LogP contribution in [0.3, 0.4) is 0 Å². The second-order valence-electron chi connectivity index (χ2n) is 5.85. The van der Waals surface area contributed by atoms with Crippen molar-refractivity contribution in [3.8, 4) is 11.3 Å². The quantitative estimate of drug-likeness (QED) is 0.893. The van der Waals surface area contributed by atoms with Crippen molar-refractivity contribution in [2.45, 2.75) is 47.5 Å². The summed E-state index contributed by atoms with van der Waals surface area (Å²) in [5.41, 5.74) is 12.9. The number of anilines is 1. The molecule has 1 aromatic heterocycles. The maximum atomic E-state index is 6.06. The van der Waals surface area contributed by atoms with Gasteiger partial charge in [-0.2, -0.15) is 0 Å². The molecule has 0 saturated heterocycles. The van der Waals surface area contributed by atoms with Crippen molar-refractivity contribution in [1.29, 1.82) is 0 Å². The number of nitrogen functional groups attached to an aromatic ring is 1. The maximum Gasteiger partial charge on any atom is 0.133 e. The third-order valence-corrected chi connectivity index (χ3v) is 3.81. The Hall–Kier alpha value is -1.90. The first-order chi connectivity index (χ1) is 9.31. The van der Waals surface area contributed by atoms with Crippen molar-refractivity contribution >= 4 is 5.82 Å². The molecular formula is C17H23N3. The van der Waals surface area contributed by atoms with E-state index in [-0.39, 0.29) is 5.92 Å². The fraction of sp³-hybridized carbons (Fsp3) is 0.412. The van der Waals surface area contributed by atoms with Crippen LogP contribution in [-0.4, -0.2) is 9.97 Å². The molecule has 20 heavy (non-hydrogen) atoms. The predicted octanol–water partition coefficient (Wildman–Crippen LogP) is 4.08. The summed E-state index contributed by atoms with van der Waals surface area (Å²) < 4.78 is 0. The summed E-state index contributed by atoms with van der Waals surface area (Å²) in [5, 5.41) is 0. The summed E-state index contributed by atoms with van der Waals surface area (Å²) in [7, 11) is 0. The topological polar surface area (TPSA) is 51.8 Å². The summed E-state index contributed by atoms with van der Waals surface area (Å²) in [6.45, 7) is 12.5. The van der Waals surface area contributed by atoms with Gasteiger partial charge in [0.1, 0.15) is 11.6 Å². The van der Waals surface area contributed by atoms with Gasteiger partial charge in [-0.25, -0.2) is 9.97 Å². The van der Waals surface area contributed by atoms with E-state index in [0.717, 1.165) is 22.6 Å². The van der Waals surface area contributed by atoms with E-state index in [1.165, 1.54) is 16.7 Å². The molecule has 2 N–H and O–H groups in total. The van der Waals surface area contributed by atoms with Crippen LogP contribution < -0.4 is 5.73 Å². The Labute approximate surface area is 121 Å². The summed E-state index contributed by atoms with van der Waals surface area (Å²) in [6.07, 6.45) is 0. The van der Waals surface area contributed by atoms with Gasteiger partial charge >= 0.3 is 0 Å². The molecule has 0 amide bonds. The van der Waals surface area contributed by atoms with Crippen LogP contribution in [0.4, 0.5) is 5.82 Å². The first-order valence-corrected chi connectivity index (χ1v) is 7.03. The largest absolute Gasteiger partial charge is 0.383 e. The van der Waals surface area contributed by atoms with Crippen molar-refractivity contribution in [1.82, 2.24) is 9.97 Å². The predicted molar refractivity (Wildman–Crippen MR) is 84.9 cm³/mol. The van der Waals surface area contributed by atoms with Gasteiger partial charge in [-0.05, 0) is 50.5 Å². The number of aryl methyl sites for hydroxylation is 3. The van der Waals surface area contributed by atoms with E-state index in [4.69, 9.17) is 10.7 Å². The van der Waals surface area contributed by atoms with Gasteiger partial charge in [-0.1, -0.05) is 19.9 Å². The van der Waals surface area contributed by atoms with E-state index in [1.807, 2.05) is 6.92 Å². The average Bonchev–Trinajstić information content (AvgIpc) is 2.37. The lowest BCUT2D eigenvalue weighted by Crippen LogP contribution is -2.07. The molecule has 1 aromatic carbocycles. The van der Waals surface area contributed by atoms with Crippen LogP contribution in [0.2, 0.25) is 0 Å². The van der Waals surface area contributed by atoms with Crippen molar-refractivity contribution in [3.05, 3.63) is 40.2 Å². The number of aromatic nitrogens is 2. The van der Waals surface area contributed by atoms with Gasteiger partial charge in [-0.3, -0.25) is 0 Å². The van der Waals surface area contributed by atoms with Crippen LogP contribution in [0.25, 0.3) is 11.3 Å². The first-order valence-electron chi connectivity index (χ1n) is 7.03. The molecule has 0 aliphatic carbocycles. The Morgan fingerprint density at radius 2 is 1.50 bits per heavy atom. The van der Waals surface area contributed by atoms with E-state index in [9.17, 15) is 0 Å². The Morgan fingerprint density at radius 1 is 0.900 bits per heavy atom. The molecule has 0 fully saturated rings. The van der Waals surface area contributed by atoms with Crippen molar-refractivity contribution < 1.29 is 0 Å². The van der Waals surface area contributed by atoms with E-state index < -0.39 is 0 Å². The highest BCUT2D eigenvalue weighted by Gasteiger charge is 2.15. The molecule has 0 aliphatic rings. The maximum absolute atomic E-state index is 6.06. The molecule has 0 radical (unpaired) electrons. The zero-order chi connectivity index (χ0) is 15.0. The standard InChI is InChI=1S/C17H23N3/c1-9(2)17-19-15(13(6)16(18)20-17)14-8-11(4)10(3)7-12(14)5/h7-9H,1-6H3,(H2,18,19,20). The van der Waals surface area contributed by atoms with Crippen LogP contribution >= 0.6 is 0 Å². The Morgan fingerprint density at radius 3 is 2.10 bits per heavy atom. The lowest BCUT2D eigenvalue weighted by molar-refractivity contribution is 0.776. The average molecular weight is 269 g/mol. The zero-order valence-corrected chi connectivity index (χ0v) is 13.2. The smallest absolute Gasteiger partial charge is 0.133 e. The highest BCUT2D eigenvalue weighted by Crippen LogP contribution is 2.30. The van der Waals surface area contributed by atoms with E-state index in [0.29, 0.717) is 5.82 Å². The minimum atomic E-state index is 0.267. The highest BCUT2D eigenvalue weighted by molar-refractivity contribution is 5.71. The second-order valence-corrected chi connectivity index (χ2v) is 5.85. The molecule has 0 atom stereocenters. The molecule has 1 heterocycles. The first kappa shape index (κ1) is 14.5. The number of hydrogen-bond donors (Lipinski definition) is 1. The highest BCUT2D eigenvalue weighted by atomic mass is 15.0. The Kier molecular flexibility index (Phi) is 3.80. The fourth-order valence-electron chi connectivity index (χ4n) is 2.29. The van der Waals surface area contributed by atoms with Gasteiger partial charge in [0.25, 0.3) is 0 Å². The normalized spacial score (nSPS) is 11.2. The number of rotatable bonds is 2. The fourth-order valence-corrected chi connectivity index (χ4v) is 2.29. The Balaban J connectivity index is 2.72. The molecular weight excluding hydrogens is 246 g/mol. The summed E-state index contributed by atoms with van der Waals surface area (Å²) in [6, 6.07) is 4.40. The molecule has 3 heteroatoms. The molecule has 0 spiro atoms. The molecule has 2 rings (SSSR count). The lowest BCUT2D eigenvalue weighted by atomic mass is 9.96. The van der Waals surface area contributed by atoms with Crippen molar-refractivity contribution in [2.75, 3.05) is 5.73 Å². The third-order valence-electron chi connectivity index (χ3n) is 3.81. The van der Waals surface area contributed by atoms with Gasteiger partial charge in [0.05, 0.1) is 5.69 Å². The van der Waals surface area contributed by atoms with Gasteiger partial charge in [0.2, 0.25) is 0 Å². The van der Waals surface area contributed by atoms with Gasteiger partial charge in [0, 0.05) is 17.0 Å². The summed E-state index contributed by atoms with van der Waals surface area (Å²) >= 11 is 0. The molecule has 2 aromatic rings. The van der Waals surface area contributed by atoms with Gasteiger partial charge in [-0.15, -0.1) is 0 Å². The van der Waals surface area contributed by atoms with Crippen LogP contribution in [0.15, 0.2) is 12.1 Å². The zero-order valence-electron chi connectivity index (χ0n) is 13.2. The summed E-state index contributed by atoms with van der Waals surface area (Å²) in [5.74, 6) is 1.65. The number of benzene rings is 1. The van der Waals surface area contributed by atoms with Crippen molar-refractivity contribution in [3.63, 3.8) is 0 Å². The van der Waals surface area contributed by atoms with Gasteiger partial charge in [0.15, 0.2) is 0 Å². The third kappa shape index (κ3) is 2.53. The van der Waals surface area contributed by atoms with Crippen LogP contribution in [0, 0.1) is 27.7 Å². The Bertz CT molecular complexity index is 658. The molecule has 0 bridgehead atoms. The molecule has 0 aliphatic heterocycles. The number of nitrogens with two attached hydrogens (primary N) is 1. The molecule has 106 valence electrons. The molecule has 0 saturated carbocycles. The summed E-state index contributed by atoms with van der Waals surface area (Å²) in [4.78, 5) is 9.14. The van der Waals surface area contributed by atoms with Crippen LogP contribution in [-0.2, 0) is 0 Å². The van der Waals surface area contributed by atoms with E-state index in [1.54, 1.807) is 0 Å². The number of nitrogens with zero attached hydrogens (tertiary/aromatic N) is 2. The van der Waals surface area contributed by atoms with Crippen molar-refractivity contribution in [2.24, 2.45) is 0 Å². The second kappa shape index (κ2) is 5.23. The van der Waals surface area contributed by atoms with Crippen LogP contribution in [0.5, 0.6) is 0 Å². The van der Waals surface area contributed by atoms with Crippen LogP contribution in [0.1, 0.15) is 47.8 Å². The number of hydrogen-bond acceptors (Lipinski definition) is 3. The molecule has 0 unspecified atom stereocenters. The molecule has 3 nitrogen and oxygen atoms in total. The van der Waals surface area contributed by atoms with E-state index >= 15 is 0 Å². The SMILES string of the molecule is Cc1cc(C)c(-c2nc(C(C)C)nc(N)c2C)cc1C. The monoisotopic (exact) mass is 269 g/mol. The minimum Gasteiger partial charge on any atom is -0.383 e. The van der Waals surface area contributed by atoms with E-state index in [2.05, 4.69) is 51.7 Å².